The number of nitrogens with two attached hydrogens (primary N) is 1. The molecule has 4 bridgehead atoms. The summed E-state index contributed by atoms with van der Waals surface area (Å²) in [6.07, 6.45) is 12.7. The Kier molecular flexibility index (Phi) is 9.67. The maximum absolute atomic E-state index is 11.6. The quantitative estimate of drug-likeness (QED) is 0.397. The molecule has 2 saturated carbocycles. The topological polar surface area (TPSA) is 131 Å². The first-order valence-corrected chi connectivity index (χ1v) is 18.8. The fourth-order valence-corrected chi connectivity index (χ4v) is 9.84. The normalized spacial score (nSPS) is 29.3. The van der Waals surface area contributed by atoms with Crippen LogP contribution in [0.4, 0.5) is 11.6 Å². The van der Waals surface area contributed by atoms with Gasteiger partial charge >= 0.3 is 0 Å². The number of rotatable bonds is 6. The largest absolute Gasteiger partial charge is 0.365 e. The number of hydrogen-bond donors (Lipinski definition) is 2. The van der Waals surface area contributed by atoms with Crippen molar-refractivity contribution < 1.29 is 4.79 Å². The molecular formula is C39H50N10O. The highest BCUT2D eigenvalue weighted by Gasteiger charge is 2.43. The number of nitrogens with zero attached hydrogens (tertiary/aromatic N) is 8. The van der Waals surface area contributed by atoms with Gasteiger partial charge in [0.05, 0.1) is 16.8 Å². The van der Waals surface area contributed by atoms with E-state index in [0.717, 1.165) is 105 Å². The van der Waals surface area contributed by atoms with E-state index in [1.807, 2.05) is 36.4 Å². The molecule has 9 rings (SSSR count). The van der Waals surface area contributed by atoms with Crippen LogP contribution in [0.1, 0.15) is 67.3 Å². The maximum Gasteiger partial charge on any atom is 0.252 e. The first kappa shape index (κ1) is 33.1. The maximum atomic E-state index is 11.6. The second-order valence-corrected chi connectivity index (χ2v) is 15.2. The zero-order chi connectivity index (χ0) is 34.0. The van der Waals surface area contributed by atoms with Gasteiger partial charge in [0.15, 0.2) is 5.82 Å². The van der Waals surface area contributed by atoms with Crippen molar-refractivity contribution in [2.45, 2.75) is 75.5 Å². The summed E-state index contributed by atoms with van der Waals surface area (Å²) >= 11 is 0. The third-order valence-corrected chi connectivity index (χ3v) is 12.4. The van der Waals surface area contributed by atoms with E-state index in [-0.39, 0.29) is 0 Å². The summed E-state index contributed by atoms with van der Waals surface area (Å²) in [6.45, 7) is 7.91. The fourth-order valence-electron chi connectivity index (χ4n) is 9.84. The van der Waals surface area contributed by atoms with Crippen LogP contribution in [0.5, 0.6) is 0 Å². The number of benzene rings is 1. The average molecular weight is 675 g/mol. The van der Waals surface area contributed by atoms with E-state index in [2.05, 4.69) is 46.2 Å². The van der Waals surface area contributed by atoms with Gasteiger partial charge in [-0.15, -0.1) is 10.2 Å². The Morgan fingerprint density at radius 2 is 1.48 bits per heavy atom. The first-order chi connectivity index (χ1) is 24.5. The summed E-state index contributed by atoms with van der Waals surface area (Å²) < 4.78 is 0. The molecule has 50 heavy (non-hydrogen) atoms. The van der Waals surface area contributed by atoms with Crippen molar-refractivity contribution in [3.05, 3.63) is 65.9 Å². The van der Waals surface area contributed by atoms with Gasteiger partial charge in [0.2, 0.25) is 0 Å². The minimum atomic E-state index is -0.390. The van der Waals surface area contributed by atoms with E-state index < -0.39 is 5.91 Å². The van der Waals surface area contributed by atoms with Gasteiger partial charge in [-0.1, -0.05) is 36.8 Å². The minimum Gasteiger partial charge on any atom is -0.365 e. The number of fused-ring (bicyclic) bond motifs is 4. The van der Waals surface area contributed by atoms with E-state index >= 15 is 0 Å². The summed E-state index contributed by atoms with van der Waals surface area (Å²) in [4.78, 5) is 25.7. The number of nitriles is 1. The standard InChI is InChI=1S/C22H26N6.C17H24N4O/c23-15-17-12-21(16-4-2-1-3-5-16)25-26-22(17)28-10-8-27(9-11-28)20-13-18-6-7-19(14-20)24-18;18-16(22)14-2-1-5-19-17(14)21-8-6-20(7-9-21)15-11-12-3-4-13(15)10-12/h1-5,12,18-20,24H,6-11,13-14H2;1-2,5,12-13,15H,3-4,6-11H2,(H2,18,22). The number of primary amides is 1. The molecule has 2 aromatic heterocycles. The molecule has 11 nitrogen and oxygen atoms in total. The number of carbonyl (C=O) groups is 1. The number of carbonyl (C=O) groups excluding carboxylic acids is 1. The van der Waals surface area contributed by atoms with Crippen molar-refractivity contribution in [1.29, 1.82) is 5.26 Å². The summed E-state index contributed by atoms with van der Waals surface area (Å²) in [7, 11) is 0. The highest BCUT2D eigenvalue weighted by atomic mass is 16.1. The second kappa shape index (κ2) is 14.6. The van der Waals surface area contributed by atoms with Crippen molar-refractivity contribution in [2.24, 2.45) is 17.6 Å². The molecule has 3 N–H and O–H groups in total. The molecule has 5 unspecified atom stereocenters. The van der Waals surface area contributed by atoms with E-state index in [9.17, 15) is 10.1 Å². The van der Waals surface area contributed by atoms with Crippen LogP contribution in [-0.2, 0) is 0 Å². The molecule has 11 heteroatoms. The predicted octanol–water partition coefficient (Wildman–Crippen LogP) is 3.91. The summed E-state index contributed by atoms with van der Waals surface area (Å²) in [5, 5.41) is 22.3. The van der Waals surface area contributed by atoms with Crippen molar-refractivity contribution >= 4 is 17.5 Å². The van der Waals surface area contributed by atoms with Crippen LogP contribution in [0.15, 0.2) is 54.7 Å². The van der Waals surface area contributed by atoms with Crippen molar-refractivity contribution in [1.82, 2.24) is 30.3 Å². The Morgan fingerprint density at radius 3 is 2.12 bits per heavy atom. The zero-order valence-corrected chi connectivity index (χ0v) is 29.0. The SMILES string of the molecule is N#Cc1cc(-c2ccccc2)nnc1N1CCN(C2CC3CCC(C2)N3)CC1.NC(=O)c1cccnc1N1CCN(C2CC3CCC2C3)CC1. The smallest absolute Gasteiger partial charge is 0.252 e. The third kappa shape index (κ3) is 6.94. The van der Waals surface area contributed by atoms with E-state index in [1.165, 1.54) is 51.4 Å². The number of piperidine rings is 1. The number of nitrogens with one attached hydrogen (secondary N) is 1. The van der Waals surface area contributed by atoms with Crippen LogP contribution in [-0.4, -0.2) is 107 Å². The number of amides is 1. The molecule has 6 fully saturated rings. The van der Waals surface area contributed by atoms with Crippen molar-refractivity contribution in [2.75, 3.05) is 62.2 Å². The molecular weight excluding hydrogens is 624 g/mol. The molecule has 4 aliphatic heterocycles. The molecule has 5 atom stereocenters. The Bertz CT molecular complexity index is 1670. The first-order valence-electron chi connectivity index (χ1n) is 18.8. The molecule has 1 aromatic carbocycles. The Labute approximate surface area is 295 Å². The van der Waals surface area contributed by atoms with Crippen LogP contribution in [0.2, 0.25) is 0 Å². The van der Waals surface area contributed by atoms with E-state index in [1.54, 1.807) is 18.3 Å². The lowest BCUT2D eigenvalue weighted by atomic mass is 9.93. The average Bonchev–Trinajstić information content (AvgIpc) is 3.91. The number of anilines is 2. The lowest BCUT2D eigenvalue weighted by Crippen LogP contribution is -2.55. The van der Waals surface area contributed by atoms with Gasteiger partial charge < -0.3 is 20.9 Å². The highest BCUT2D eigenvalue weighted by Crippen LogP contribution is 2.46. The summed E-state index contributed by atoms with van der Waals surface area (Å²) in [6, 6.07) is 20.6. The number of hydrogen-bond acceptors (Lipinski definition) is 10. The third-order valence-electron chi connectivity index (χ3n) is 12.4. The molecule has 0 radical (unpaired) electrons. The summed E-state index contributed by atoms with van der Waals surface area (Å²) in [5.74, 6) is 3.02. The highest BCUT2D eigenvalue weighted by molar-refractivity contribution is 5.97. The predicted molar refractivity (Wildman–Crippen MR) is 195 cm³/mol. The van der Waals surface area contributed by atoms with Crippen molar-refractivity contribution in [3.8, 4) is 17.3 Å². The molecule has 2 aliphatic carbocycles. The summed E-state index contributed by atoms with van der Waals surface area (Å²) in [5.41, 5.74) is 8.37. The second-order valence-electron chi connectivity index (χ2n) is 15.2. The lowest BCUT2D eigenvalue weighted by molar-refractivity contribution is 0.0999. The molecule has 6 aliphatic rings. The van der Waals surface area contributed by atoms with Crippen LogP contribution in [0.25, 0.3) is 11.3 Å². The lowest BCUT2D eigenvalue weighted by Gasteiger charge is -2.42. The van der Waals surface area contributed by atoms with Crippen LogP contribution < -0.4 is 20.9 Å². The van der Waals surface area contributed by atoms with Gasteiger partial charge in [-0.25, -0.2) is 4.98 Å². The Hall–Kier alpha value is -4.11. The number of pyridine rings is 1. The van der Waals surface area contributed by atoms with Crippen molar-refractivity contribution in [3.63, 3.8) is 0 Å². The van der Waals surface area contributed by atoms with Crippen LogP contribution >= 0.6 is 0 Å². The molecule has 6 heterocycles. The van der Waals surface area contributed by atoms with Gasteiger partial charge in [0.25, 0.3) is 5.91 Å². The van der Waals surface area contributed by atoms with Crippen LogP contribution in [0, 0.1) is 23.2 Å². The Balaban J connectivity index is 0.000000149. The fraction of sp³-hybridized carbons (Fsp3) is 0.564. The van der Waals surface area contributed by atoms with Gasteiger partial charge in [-0.05, 0) is 75.0 Å². The molecule has 1 amide bonds. The van der Waals surface area contributed by atoms with E-state index in [0.29, 0.717) is 17.2 Å². The van der Waals surface area contributed by atoms with Gasteiger partial charge in [0, 0.05) is 88.3 Å². The number of piperazine rings is 2. The van der Waals surface area contributed by atoms with Gasteiger partial charge in [-0.2, -0.15) is 5.26 Å². The zero-order valence-electron chi connectivity index (χ0n) is 29.0. The van der Waals surface area contributed by atoms with Crippen LogP contribution in [0.3, 0.4) is 0 Å². The molecule has 262 valence electrons. The number of aromatic nitrogens is 3. The van der Waals surface area contributed by atoms with Gasteiger partial charge in [0.1, 0.15) is 11.9 Å². The monoisotopic (exact) mass is 674 g/mol. The Morgan fingerprint density at radius 1 is 0.780 bits per heavy atom. The minimum absolute atomic E-state index is 0.390. The van der Waals surface area contributed by atoms with Gasteiger partial charge in [-0.3, -0.25) is 14.6 Å². The van der Waals surface area contributed by atoms with E-state index in [4.69, 9.17) is 5.73 Å². The molecule has 4 saturated heterocycles. The molecule has 3 aromatic rings. The molecule has 0 spiro atoms.